The Morgan fingerprint density at radius 3 is 2.48 bits per heavy atom. The smallest absolute Gasteiger partial charge is 0.316 e. The van der Waals surface area contributed by atoms with Gasteiger partial charge in [-0.05, 0) is 41.5 Å². The SMILES string of the molecule is CONc1cc(-c2ccc(N(C)C)cc2)cc(-c2nc(SCC(=O)OC)n[nH]2)c1. The average molecular weight is 414 g/mol. The third-order valence-corrected chi connectivity index (χ3v) is 4.98. The summed E-state index contributed by atoms with van der Waals surface area (Å²) < 4.78 is 4.64. The highest BCUT2D eigenvalue weighted by Gasteiger charge is 2.12. The van der Waals surface area contributed by atoms with Gasteiger partial charge in [0.1, 0.15) is 0 Å². The van der Waals surface area contributed by atoms with Crippen LogP contribution < -0.4 is 10.4 Å². The van der Waals surface area contributed by atoms with Crippen molar-refractivity contribution in [2.45, 2.75) is 5.16 Å². The molecule has 152 valence electrons. The van der Waals surface area contributed by atoms with Crippen molar-refractivity contribution in [3.63, 3.8) is 0 Å². The molecule has 0 fully saturated rings. The number of carbonyl (C=O) groups excluding carboxylic acids is 1. The molecule has 0 saturated carbocycles. The summed E-state index contributed by atoms with van der Waals surface area (Å²) >= 11 is 1.21. The van der Waals surface area contributed by atoms with Gasteiger partial charge in [-0.1, -0.05) is 23.9 Å². The molecule has 0 bridgehead atoms. The van der Waals surface area contributed by atoms with Gasteiger partial charge >= 0.3 is 5.97 Å². The number of thioether (sulfide) groups is 1. The van der Waals surface area contributed by atoms with E-state index < -0.39 is 0 Å². The lowest BCUT2D eigenvalue weighted by Crippen LogP contribution is -2.07. The molecule has 0 spiro atoms. The summed E-state index contributed by atoms with van der Waals surface area (Å²) in [6.07, 6.45) is 0. The average Bonchev–Trinajstić information content (AvgIpc) is 3.21. The number of nitrogens with zero attached hydrogens (tertiary/aromatic N) is 3. The van der Waals surface area contributed by atoms with E-state index in [0.717, 1.165) is 28.1 Å². The van der Waals surface area contributed by atoms with Crippen LogP contribution >= 0.6 is 11.8 Å². The number of nitrogens with one attached hydrogen (secondary N) is 2. The molecule has 1 aromatic heterocycles. The predicted molar refractivity (Wildman–Crippen MR) is 115 cm³/mol. The van der Waals surface area contributed by atoms with Crippen molar-refractivity contribution in [1.29, 1.82) is 0 Å². The van der Waals surface area contributed by atoms with Crippen LogP contribution in [0.3, 0.4) is 0 Å². The van der Waals surface area contributed by atoms with Gasteiger partial charge < -0.3 is 9.64 Å². The molecule has 9 heteroatoms. The Morgan fingerprint density at radius 1 is 1.10 bits per heavy atom. The molecule has 0 saturated heterocycles. The van der Waals surface area contributed by atoms with Crippen LogP contribution in [0.4, 0.5) is 11.4 Å². The minimum absolute atomic E-state index is 0.155. The van der Waals surface area contributed by atoms with Crippen LogP contribution in [0.15, 0.2) is 47.6 Å². The second kappa shape index (κ2) is 9.44. The van der Waals surface area contributed by atoms with Gasteiger partial charge in [0.15, 0.2) is 5.82 Å². The first kappa shape index (κ1) is 20.7. The molecule has 0 amide bonds. The maximum atomic E-state index is 11.3. The lowest BCUT2D eigenvalue weighted by atomic mass is 10.0. The Kier molecular flexibility index (Phi) is 6.73. The molecular weight excluding hydrogens is 390 g/mol. The molecule has 3 rings (SSSR count). The highest BCUT2D eigenvalue weighted by Crippen LogP contribution is 2.30. The van der Waals surface area contributed by atoms with Crippen LogP contribution in [-0.4, -0.2) is 55.2 Å². The normalized spacial score (nSPS) is 10.6. The van der Waals surface area contributed by atoms with Crippen LogP contribution in [0.2, 0.25) is 0 Å². The zero-order valence-electron chi connectivity index (χ0n) is 16.7. The van der Waals surface area contributed by atoms with E-state index in [4.69, 9.17) is 4.84 Å². The highest BCUT2D eigenvalue weighted by molar-refractivity contribution is 7.99. The number of esters is 1. The van der Waals surface area contributed by atoms with Crippen LogP contribution in [0.1, 0.15) is 0 Å². The molecule has 0 atom stereocenters. The largest absolute Gasteiger partial charge is 0.468 e. The van der Waals surface area contributed by atoms with Crippen molar-refractivity contribution in [2.75, 3.05) is 44.4 Å². The van der Waals surface area contributed by atoms with Crippen molar-refractivity contribution in [3.8, 4) is 22.5 Å². The second-order valence-corrected chi connectivity index (χ2v) is 7.32. The fourth-order valence-corrected chi connectivity index (χ4v) is 3.31. The lowest BCUT2D eigenvalue weighted by Gasteiger charge is -2.14. The summed E-state index contributed by atoms with van der Waals surface area (Å²) in [5.41, 5.74) is 7.71. The summed E-state index contributed by atoms with van der Waals surface area (Å²) in [6, 6.07) is 14.2. The van der Waals surface area contributed by atoms with E-state index in [1.54, 1.807) is 7.11 Å². The van der Waals surface area contributed by atoms with Crippen LogP contribution in [0.25, 0.3) is 22.5 Å². The number of hydrogen-bond acceptors (Lipinski definition) is 8. The minimum Gasteiger partial charge on any atom is -0.468 e. The molecule has 0 radical (unpaired) electrons. The molecule has 3 aromatic rings. The fraction of sp³-hybridized carbons (Fsp3) is 0.250. The van der Waals surface area contributed by atoms with Crippen molar-refractivity contribution in [1.82, 2.24) is 15.2 Å². The number of rotatable bonds is 8. The van der Waals surface area contributed by atoms with Crippen LogP contribution in [0.5, 0.6) is 0 Å². The van der Waals surface area contributed by atoms with Crippen LogP contribution in [-0.2, 0) is 14.4 Å². The number of ether oxygens (including phenoxy) is 1. The number of carbonyl (C=O) groups is 1. The van der Waals surface area contributed by atoms with E-state index in [9.17, 15) is 4.79 Å². The van der Waals surface area contributed by atoms with E-state index in [2.05, 4.69) is 54.6 Å². The molecule has 29 heavy (non-hydrogen) atoms. The van der Waals surface area contributed by atoms with Gasteiger partial charge in [0.05, 0.1) is 25.7 Å². The second-order valence-electron chi connectivity index (χ2n) is 6.38. The molecule has 0 aliphatic carbocycles. The quantitative estimate of drug-likeness (QED) is 0.330. The van der Waals surface area contributed by atoms with Crippen molar-refractivity contribution >= 4 is 29.1 Å². The molecule has 0 unspecified atom stereocenters. The predicted octanol–water partition coefficient (Wildman–Crippen LogP) is 3.44. The Bertz CT molecular complexity index is 973. The van der Waals surface area contributed by atoms with E-state index in [1.807, 2.05) is 32.3 Å². The molecule has 2 aromatic carbocycles. The van der Waals surface area contributed by atoms with E-state index in [-0.39, 0.29) is 11.7 Å². The molecule has 8 nitrogen and oxygen atoms in total. The Balaban J connectivity index is 1.91. The first-order chi connectivity index (χ1) is 14.0. The summed E-state index contributed by atoms with van der Waals surface area (Å²) in [7, 11) is 6.94. The number of hydrogen-bond donors (Lipinski definition) is 2. The summed E-state index contributed by atoms with van der Waals surface area (Å²) in [4.78, 5) is 22.9. The van der Waals surface area contributed by atoms with E-state index >= 15 is 0 Å². The number of aromatic amines is 1. The Labute approximate surface area is 173 Å². The van der Waals surface area contributed by atoms with Crippen molar-refractivity contribution < 1.29 is 14.4 Å². The van der Waals surface area contributed by atoms with Gasteiger partial charge in [-0.15, -0.1) is 5.10 Å². The Morgan fingerprint density at radius 2 is 1.83 bits per heavy atom. The monoisotopic (exact) mass is 413 g/mol. The molecule has 0 aliphatic rings. The third-order valence-electron chi connectivity index (χ3n) is 4.16. The number of anilines is 2. The van der Waals surface area contributed by atoms with E-state index in [0.29, 0.717) is 11.0 Å². The van der Waals surface area contributed by atoms with Crippen molar-refractivity contribution in [3.05, 3.63) is 42.5 Å². The number of benzene rings is 2. The maximum Gasteiger partial charge on any atom is 0.316 e. The fourth-order valence-electron chi connectivity index (χ4n) is 2.68. The van der Waals surface area contributed by atoms with E-state index in [1.165, 1.54) is 18.9 Å². The molecule has 1 heterocycles. The molecule has 2 N–H and O–H groups in total. The number of methoxy groups -OCH3 is 1. The standard InChI is InChI=1S/C20H23N5O3S/c1-25(2)17-7-5-13(6-8-17)14-9-15(11-16(10-14)24-28-4)19-21-20(23-22-19)29-12-18(26)27-3/h5-11,24H,12H2,1-4H3,(H,21,22,23). The zero-order chi connectivity index (χ0) is 20.8. The summed E-state index contributed by atoms with van der Waals surface area (Å²) in [6.45, 7) is 0. The highest BCUT2D eigenvalue weighted by atomic mass is 32.2. The number of H-pyrrole nitrogens is 1. The van der Waals surface area contributed by atoms with Gasteiger partial charge in [-0.2, -0.15) is 0 Å². The van der Waals surface area contributed by atoms with Crippen LogP contribution in [0, 0.1) is 0 Å². The summed E-state index contributed by atoms with van der Waals surface area (Å²) in [5.74, 6) is 0.432. The first-order valence-electron chi connectivity index (χ1n) is 8.84. The van der Waals surface area contributed by atoms with Gasteiger partial charge in [-0.25, -0.2) is 4.98 Å². The first-order valence-corrected chi connectivity index (χ1v) is 9.83. The van der Waals surface area contributed by atoms with Gasteiger partial charge in [0, 0.05) is 25.3 Å². The van der Waals surface area contributed by atoms with Gasteiger partial charge in [0.25, 0.3) is 0 Å². The van der Waals surface area contributed by atoms with Gasteiger partial charge in [0.2, 0.25) is 5.16 Å². The Hall–Kier alpha value is -3.04. The van der Waals surface area contributed by atoms with Crippen molar-refractivity contribution in [2.24, 2.45) is 0 Å². The maximum absolute atomic E-state index is 11.3. The summed E-state index contributed by atoms with van der Waals surface area (Å²) in [5, 5.41) is 7.58. The lowest BCUT2D eigenvalue weighted by molar-refractivity contribution is -0.137. The van der Waals surface area contributed by atoms with Gasteiger partial charge in [-0.3, -0.25) is 20.2 Å². The molecule has 0 aliphatic heterocycles. The third kappa shape index (κ3) is 5.27. The zero-order valence-corrected chi connectivity index (χ0v) is 17.5. The topological polar surface area (TPSA) is 92.4 Å². The minimum atomic E-state index is -0.323. The molecular formula is C20H23N5O3S. The number of aromatic nitrogens is 3.